The number of hydrogen-bond donors (Lipinski definition) is 2. The van der Waals surface area contributed by atoms with E-state index < -0.39 is 15.6 Å². The van der Waals surface area contributed by atoms with Gasteiger partial charge in [0.2, 0.25) is 0 Å². The van der Waals surface area contributed by atoms with Gasteiger partial charge in [-0.2, -0.15) is 4.31 Å². The molecule has 1 aromatic carbocycles. The summed E-state index contributed by atoms with van der Waals surface area (Å²) in [5.41, 5.74) is 0. The van der Waals surface area contributed by atoms with Crippen molar-refractivity contribution in [3.05, 3.63) is 30.3 Å². The SMILES string of the molecule is CCCCC(CC)COP(=O)(O)OP(=O)(O)Oc1ccccc1. The van der Waals surface area contributed by atoms with Gasteiger partial charge in [0.25, 0.3) is 0 Å². The zero-order valence-electron chi connectivity index (χ0n) is 13.3. The summed E-state index contributed by atoms with van der Waals surface area (Å²) in [6.45, 7) is 3.98. The molecule has 0 heterocycles. The molecule has 0 saturated heterocycles. The van der Waals surface area contributed by atoms with Crippen LogP contribution in [-0.4, -0.2) is 16.4 Å². The average Bonchev–Trinajstić information content (AvgIpc) is 2.46. The fourth-order valence-electron chi connectivity index (χ4n) is 1.88. The lowest BCUT2D eigenvalue weighted by atomic mass is 10.0. The van der Waals surface area contributed by atoms with Gasteiger partial charge in [-0.05, 0) is 24.5 Å². The summed E-state index contributed by atoms with van der Waals surface area (Å²) >= 11 is 0. The van der Waals surface area contributed by atoms with Crippen LogP contribution in [0.4, 0.5) is 0 Å². The van der Waals surface area contributed by atoms with Crippen molar-refractivity contribution in [1.82, 2.24) is 0 Å². The van der Waals surface area contributed by atoms with Crippen LogP contribution in [0.25, 0.3) is 0 Å². The van der Waals surface area contributed by atoms with Crippen molar-refractivity contribution in [2.24, 2.45) is 5.92 Å². The van der Waals surface area contributed by atoms with Crippen molar-refractivity contribution in [3.63, 3.8) is 0 Å². The maximum Gasteiger partial charge on any atom is 0.536 e. The van der Waals surface area contributed by atoms with E-state index in [-0.39, 0.29) is 18.3 Å². The molecule has 1 aromatic rings. The molecule has 0 amide bonds. The molecule has 1 rings (SSSR count). The highest BCUT2D eigenvalue weighted by molar-refractivity contribution is 7.61. The molecule has 7 nitrogen and oxygen atoms in total. The van der Waals surface area contributed by atoms with E-state index in [0.717, 1.165) is 25.7 Å². The van der Waals surface area contributed by atoms with Crippen LogP contribution < -0.4 is 4.52 Å². The quantitative estimate of drug-likeness (QED) is 0.555. The largest absolute Gasteiger partial charge is 0.536 e. The third kappa shape index (κ3) is 8.66. The molecule has 3 atom stereocenters. The minimum Gasteiger partial charge on any atom is -0.404 e. The van der Waals surface area contributed by atoms with E-state index in [9.17, 15) is 18.9 Å². The van der Waals surface area contributed by atoms with E-state index in [1.165, 1.54) is 12.1 Å². The molecule has 0 radical (unpaired) electrons. The van der Waals surface area contributed by atoms with Gasteiger partial charge < -0.3 is 9.42 Å². The number of para-hydroxylation sites is 1. The van der Waals surface area contributed by atoms with Crippen LogP contribution >= 0.6 is 15.6 Å². The number of unbranched alkanes of at least 4 members (excludes halogenated alkanes) is 1. The van der Waals surface area contributed by atoms with E-state index in [1.807, 2.05) is 6.92 Å². The predicted molar refractivity (Wildman–Crippen MR) is 87.1 cm³/mol. The summed E-state index contributed by atoms with van der Waals surface area (Å²) in [7, 11) is -9.45. The van der Waals surface area contributed by atoms with Crippen molar-refractivity contribution in [2.45, 2.75) is 39.5 Å². The average molecular weight is 366 g/mol. The second-order valence-corrected chi connectivity index (χ2v) is 8.10. The van der Waals surface area contributed by atoms with E-state index in [0.29, 0.717) is 0 Å². The van der Waals surface area contributed by atoms with Crippen molar-refractivity contribution in [2.75, 3.05) is 6.61 Å². The molecule has 3 unspecified atom stereocenters. The monoisotopic (exact) mass is 366 g/mol. The molecule has 0 saturated carbocycles. The summed E-state index contributed by atoms with van der Waals surface area (Å²) < 4.78 is 37.4. The molecule has 0 spiro atoms. The van der Waals surface area contributed by atoms with Crippen molar-refractivity contribution < 1.29 is 32.3 Å². The molecule has 0 bridgehead atoms. The predicted octanol–water partition coefficient (Wildman–Crippen LogP) is 4.52. The van der Waals surface area contributed by atoms with Gasteiger partial charge in [0, 0.05) is 0 Å². The van der Waals surface area contributed by atoms with Gasteiger partial charge in [-0.25, -0.2) is 9.13 Å². The summed E-state index contributed by atoms with van der Waals surface area (Å²) in [4.78, 5) is 19.2. The Morgan fingerprint density at radius 1 is 1.09 bits per heavy atom. The van der Waals surface area contributed by atoms with Crippen LogP contribution in [0.15, 0.2) is 30.3 Å². The molecular formula is C14H24O7P2. The smallest absolute Gasteiger partial charge is 0.404 e. The molecule has 0 aromatic heterocycles. The van der Waals surface area contributed by atoms with Crippen molar-refractivity contribution in [1.29, 1.82) is 0 Å². The Morgan fingerprint density at radius 3 is 2.30 bits per heavy atom. The molecule has 0 aliphatic heterocycles. The number of hydrogen-bond acceptors (Lipinski definition) is 5. The Hall–Kier alpha value is -0.680. The first-order chi connectivity index (χ1) is 10.8. The molecule has 2 N–H and O–H groups in total. The maximum absolute atomic E-state index is 11.8. The van der Waals surface area contributed by atoms with Gasteiger partial charge in [0.05, 0.1) is 6.61 Å². The summed E-state index contributed by atoms with van der Waals surface area (Å²) in [5, 5.41) is 0. The third-order valence-electron chi connectivity index (χ3n) is 3.19. The normalized spacial score (nSPS) is 17.9. The lowest BCUT2D eigenvalue weighted by molar-refractivity contribution is 0.153. The zero-order valence-corrected chi connectivity index (χ0v) is 15.1. The number of benzene rings is 1. The Morgan fingerprint density at radius 2 is 1.74 bits per heavy atom. The van der Waals surface area contributed by atoms with E-state index in [4.69, 9.17) is 9.05 Å². The van der Waals surface area contributed by atoms with Gasteiger partial charge in [-0.1, -0.05) is 51.3 Å². The summed E-state index contributed by atoms with van der Waals surface area (Å²) in [6, 6.07) is 7.71. The second kappa shape index (κ2) is 9.58. The lowest BCUT2D eigenvalue weighted by Crippen LogP contribution is -2.09. The van der Waals surface area contributed by atoms with Crippen LogP contribution in [0.1, 0.15) is 39.5 Å². The number of phosphoric ester groups is 2. The molecule has 9 heteroatoms. The number of phosphoric acid groups is 2. The van der Waals surface area contributed by atoms with Crippen LogP contribution in [0.2, 0.25) is 0 Å². The van der Waals surface area contributed by atoms with Crippen LogP contribution in [0.5, 0.6) is 5.75 Å². The minimum atomic E-state index is -4.76. The van der Waals surface area contributed by atoms with E-state index in [2.05, 4.69) is 11.2 Å². The maximum atomic E-state index is 11.8. The molecule has 23 heavy (non-hydrogen) atoms. The third-order valence-corrected chi connectivity index (χ3v) is 5.75. The first kappa shape index (κ1) is 20.4. The lowest BCUT2D eigenvalue weighted by Gasteiger charge is -2.19. The van der Waals surface area contributed by atoms with Crippen molar-refractivity contribution >= 4 is 15.6 Å². The number of rotatable bonds is 11. The second-order valence-electron chi connectivity index (χ2n) is 5.14. The highest BCUT2D eigenvalue weighted by Crippen LogP contribution is 2.60. The van der Waals surface area contributed by atoms with E-state index in [1.54, 1.807) is 18.2 Å². The highest BCUT2D eigenvalue weighted by atomic mass is 31.3. The molecule has 132 valence electrons. The van der Waals surface area contributed by atoms with Crippen molar-refractivity contribution in [3.8, 4) is 5.75 Å². The molecule has 0 fully saturated rings. The fraction of sp³-hybridized carbons (Fsp3) is 0.571. The first-order valence-corrected chi connectivity index (χ1v) is 10.5. The zero-order chi connectivity index (χ0) is 17.3. The fourth-order valence-corrected chi connectivity index (χ4v) is 4.04. The van der Waals surface area contributed by atoms with Gasteiger partial charge in [0.15, 0.2) is 0 Å². The van der Waals surface area contributed by atoms with Crippen LogP contribution in [0, 0.1) is 5.92 Å². The molecule has 0 aliphatic rings. The van der Waals surface area contributed by atoms with Gasteiger partial charge in [-0.3, -0.25) is 9.42 Å². The molecular weight excluding hydrogens is 342 g/mol. The van der Waals surface area contributed by atoms with Gasteiger partial charge in [-0.15, -0.1) is 0 Å². The Bertz CT molecular complexity index is 549. The van der Waals surface area contributed by atoms with Crippen LogP contribution in [-0.2, 0) is 18.0 Å². The molecule has 0 aliphatic carbocycles. The summed E-state index contributed by atoms with van der Waals surface area (Å²) in [5.74, 6) is 0.139. The topological polar surface area (TPSA) is 102 Å². The summed E-state index contributed by atoms with van der Waals surface area (Å²) in [6.07, 6.45) is 3.62. The minimum absolute atomic E-state index is 0.0182. The highest BCUT2D eigenvalue weighted by Gasteiger charge is 2.36. The Labute approximate surface area is 136 Å². The Balaban J connectivity index is 2.55. The van der Waals surface area contributed by atoms with Gasteiger partial charge in [0.1, 0.15) is 5.75 Å². The van der Waals surface area contributed by atoms with Gasteiger partial charge >= 0.3 is 15.6 Å². The van der Waals surface area contributed by atoms with E-state index >= 15 is 0 Å². The standard InChI is InChI=1S/C14H24O7P2/c1-3-5-9-13(4-2)12-19-22(15,16)21-23(17,18)20-14-10-7-6-8-11-14/h6-8,10-11,13H,3-5,9,12H2,1-2H3,(H,15,16)(H,17,18). The van der Waals surface area contributed by atoms with Crippen LogP contribution in [0.3, 0.4) is 0 Å². The first-order valence-electron chi connectivity index (χ1n) is 7.54. The Kier molecular flexibility index (Phi) is 8.48.